The summed E-state index contributed by atoms with van der Waals surface area (Å²) in [6.07, 6.45) is 4.31. The highest BCUT2D eigenvalue weighted by atomic mass is 32.1. The zero-order valence-corrected chi connectivity index (χ0v) is 22.8. The molecule has 8 heteroatoms. The number of benzene rings is 2. The van der Waals surface area contributed by atoms with Gasteiger partial charge in [0.15, 0.2) is 5.11 Å². The van der Waals surface area contributed by atoms with E-state index in [9.17, 15) is 9.18 Å². The van der Waals surface area contributed by atoms with Gasteiger partial charge in [0.05, 0.1) is 23.3 Å². The van der Waals surface area contributed by atoms with Crippen LogP contribution in [-0.4, -0.2) is 40.0 Å². The zero-order valence-electron chi connectivity index (χ0n) is 22.0. The molecule has 1 fully saturated rings. The summed E-state index contributed by atoms with van der Waals surface area (Å²) in [5.41, 5.74) is 6.09. The Morgan fingerprint density at radius 3 is 2.63 bits per heavy atom. The van der Waals surface area contributed by atoms with Gasteiger partial charge in [-0.2, -0.15) is 0 Å². The number of nitrogens with one attached hydrogen (secondary N) is 2. The van der Waals surface area contributed by atoms with Crippen LogP contribution in [0.15, 0.2) is 72.9 Å². The predicted molar refractivity (Wildman–Crippen MR) is 154 cm³/mol. The lowest BCUT2D eigenvalue weighted by molar-refractivity contribution is -0.116. The summed E-state index contributed by atoms with van der Waals surface area (Å²) in [4.78, 5) is 21.8. The number of fused-ring (bicyclic) bond motifs is 1. The van der Waals surface area contributed by atoms with Gasteiger partial charge in [0, 0.05) is 43.1 Å². The van der Waals surface area contributed by atoms with Crippen molar-refractivity contribution in [1.82, 2.24) is 15.2 Å². The molecule has 196 valence electrons. The van der Waals surface area contributed by atoms with E-state index in [0.29, 0.717) is 17.3 Å². The van der Waals surface area contributed by atoms with E-state index in [1.165, 1.54) is 29.0 Å². The van der Waals surface area contributed by atoms with Crippen molar-refractivity contribution < 1.29 is 9.18 Å². The molecule has 0 bridgehead atoms. The third-order valence-corrected chi connectivity index (χ3v) is 7.84. The first kappa shape index (κ1) is 25.9. The third kappa shape index (κ3) is 5.00. The van der Waals surface area contributed by atoms with E-state index in [-0.39, 0.29) is 35.8 Å². The number of amides is 1. The van der Waals surface area contributed by atoms with Gasteiger partial charge in [-0.05, 0) is 92.7 Å². The van der Waals surface area contributed by atoms with Crippen LogP contribution in [0, 0.1) is 5.82 Å². The molecule has 38 heavy (non-hydrogen) atoms. The van der Waals surface area contributed by atoms with E-state index < -0.39 is 0 Å². The smallest absolute Gasteiger partial charge is 0.226 e. The summed E-state index contributed by atoms with van der Waals surface area (Å²) >= 11 is 5.78. The van der Waals surface area contributed by atoms with Crippen LogP contribution < -0.4 is 15.5 Å². The Kier molecular flexibility index (Phi) is 6.92. The molecule has 3 heterocycles. The van der Waals surface area contributed by atoms with Crippen LogP contribution in [-0.2, 0) is 4.79 Å². The predicted octanol–water partition coefficient (Wildman–Crippen LogP) is 5.85. The number of hydrogen-bond acceptors (Lipinski definition) is 4. The molecular weight excluding hydrogens is 497 g/mol. The van der Waals surface area contributed by atoms with Crippen LogP contribution in [0.2, 0.25) is 0 Å². The SMILES string of the molecule is CC1=CC(C)(C)N(C)c2ccc([C@@H]3[C@@H](c4ccccn4)NC(=S)N3CCC(=O)Nc3ccc(F)cc3)cc21. The van der Waals surface area contributed by atoms with Gasteiger partial charge < -0.3 is 20.4 Å². The number of carbonyl (C=O) groups excluding carboxylic acids is 1. The molecule has 2 aliphatic rings. The van der Waals surface area contributed by atoms with E-state index in [2.05, 4.69) is 77.5 Å². The summed E-state index contributed by atoms with van der Waals surface area (Å²) in [5, 5.41) is 6.89. The minimum atomic E-state index is -0.343. The van der Waals surface area contributed by atoms with Crippen LogP contribution in [0.1, 0.15) is 56.1 Å². The summed E-state index contributed by atoms with van der Waals surface area (Å²) in [7, 11) is 2.12. The molecule has 2 N–H and O–H groups in total. The van der Waals surface area contributed by atoms with Crippen molar-refractivity contribution in [3.05, 3.63) is 95.6 Å². The summed E-state index contributed by atoms with van der Waals surface area (Å²) in [6.45, 7) is 7.00. The molecule has 1 aromatic heterocycles. The van der Waals surface area contributed by atoms with Gasteiger partial charge in [-0.15, -0.1) is 0 Å². The number of rotatable bonds is 6. The molecule has 0 spiro atoms. The lowest BCUT2D eigenvalue weighted by Gasteiger charge is -2.41. The fourth-order valence-corrected chi connectivity index (χ4v) is 5.68. The minimum absolute atomic E-state index is 0.0739. The van der Waals surface area contributed by atoms with Crippen molar-refractivity contribution in [2.45, 2.75) is 44.8 Å². The minimum Gasteiger partial charge on any atom is -0.366 e. The number of likely N-dealkylation sites (N-methyl/N-ethyl adjacent to an activating group) is 1. The Hall–Kier alpha value is -3.78. The third-order valence-electron chi connectivity index (χ3n) is 7.49. The number of carbonyl (C=O) groups is 1. The van der Waals surface area contributed by atoms with Crippen molar-refractivity contribution in [3.8, 4) is 0 Å². The highest BCUT2D eigenvalue weighted by Crippen LogP contribution is 2.43. The fraction of sp³-hybridized carbons (Fsp3) is 0.300. The lowest BCUT2D eigenvalue weighted by Crippen LogP contribution is -2.42. The maximum absolute atomic E-state index is 13.2. The lowest BCUT2D eigenvalue weighted by atomic mass is 9.86. The second-order valence-electron chi connectivity index (χ2n) is 10.4. The molecule has 6 nitrogen and oxygen atoms in total. The molecule has 5 rings (SSSR count). The van der Waals surface area contributed by atoms with Gasteiger partial charge in [-0.1, -0.05) is 18.2 Å². The summed E-state index contributed by atoms with van der Waals surface area (Å²) in [6, 6.07) is 17.9. The average molecular weight is 530 g/mol. The number of allylic oxidation sites excluding steroid dienone is 1. The van der Waals surface area contributed by atoms with Crippen LogP contribution in [0.4, 0.5) is 15.8 Å². The molecule has 0 radical (unpaired) electrons. The molecule has 2 aliphatic heterocycles. The highest BCUT2D eigenvalue weighted by Gasteiger charge is 2.40. The molecule has 0 saturated carbocycles. The van der Waals surface area contributed by atoms with Crippen LogP contribution >= 0.6 is 12.2 Å². The normalized spacial score (nSPS) is 20.0. The van der Waals surface area contributed by atoms with Crippen molar-refractivity contribution in [1.29, 1.82) is 0 Å². The van der Waals surface area contributed by atoms with Gasteiger partial charge in [-0.25, -0.2) is 4.39 Å². The molecule has 0 aliphatic carbocycles. The van der Waals surface area contributed by atoms with E-state index in [1.54, 1.807) is 18.3 Å². The Morgan fingerprint density at radius 1 is 1.16 bits per heavy atom. The number of hydrogen-bond donors (Lipinski definition) is 2. The van der Waals surface area contributed by atoms with Crippen molar-refractivity contribution >= 4 is 40.2 Å². The van der Waals surface area contributed by atoms with E-state index in [0.717, 1.165) is 11.3 Å². The van der Waals surface area contributed by atoms with E-state index in [4.69, 9.17) is 12.2 Å². The standard InChI is InChI=1S/C30H32FN5OS/c1-19-18-30(2,3)35(4)25-13-8-20(17-23(19)25)28-27(24-7-5-6-15-32-24)34-29(38)36(28)16-14-26(37)33-22-11-9-21(31)10-12-22/h5-13,15,17-18,27-28H,14,16H2,1-4H3,(H,33,37)(H,34,38)/t27-,28-/m1/s1. The number of halogens is 1. The van der Waals surface area contributed by atoms with E-state index >= 15 is 0 Å². The zero-order chi connectivity index (χ0) is 27.0. The number of aromatic nitrogens is 1. The molecular formula is C30H32FN5OS. The quantitative estimate of drug-likeness (QED) is 0.391. The topological polar surface area (TPSA) is 60.5 Å². The summed E-state index contributed by atoms with van der Waals surface area (Å²) in [5.74, 6) is -0.502. The summed E-state index contributed by atoms with van der Waals surface area (Å²) < 4.78 is 13.2. The van der Waals surface area contributed by atoms with Gasteiger partial charge in [0.1, 0.15) is 5.82 Å². The fourth-order valence-electron chi connectivity index (χ4n) is 5.35. The molecule has 2 atom stereocenters. The highest BCUT2D eigenvalue weighted by molar-refractivity contribution is 7.80. The van der Waals surface area contributed by atoms with Crippen LogP contribution in [0.3, 0.4) is 0 Å². The van der Waals surface area contributed by atoms with Crippen LogP contribution in [0.25, 0.3) is 5.57 Å². The number of pyridine rings is 1. The van der Waals surface area contributed by atoms with Gasteiger partial charge in [0.2, 0.25) is 5.91 Å². The average Bonchev–Trinajstić information content (AvgIpc) is 3.23. The Morgan fingerprint density at radius 2 is 1.92 bits per heavy atom. The maximum Gasteiger partial charge on any atom is 0.226 e. The largest absolute Gasteiger partial charge is 0.366 e. The van der Waals surface area contributed by atoms with Crippen molar-refractivity contribution in [3.63, 3.8) is 0 Å². The first-order valence-corrected chi connectivity index (χ1v) is 13.2. The monoisotopic (exact) mass is 529 g/mol. The first-order chi connectivity index (χ1) is 18.1. The maximum atomic E-state index is 13.2. The van der Waals surface area contributed by atoms with Gasteiger partial charge >= 0.3 is 0 Å². The van der Waals surface area contributed by atoms with Gasteiger partial charge in [0.25, 0.3) is 0 Å². The number of nitrogens with zero attached hydrogens (tertiary/aromatic N) is 3. The second-order valence-corrected chi connectivity index (χ2v) is 10.8. The first-order valence-electron chi connectivity index (χ1n) is 12.7. The number of anilines is 2. The Bertz CT molecular complexity index is 1390. The number of thiocarbonyl (C=S) groups is 1. The van der Waals surface area contributed by atoms with Gasteiger partial charge in [-0.3, -0.25) is 9.78 Å². The molecule has 1 amide bonds. The van der Waals surface area contributed by atoms with Crippen molar-refractivity contribution in [2.75, 3.05) is 23.8 Å². The molecule has 0 unspecified atom stereocenters. The van der Waals surface area contributed by atoms with E-state index in [1.807, 2.05) is 18.2 Å². The Balaban J connectivity index is 1.45. The van der Waals surface area contributed by atoms with Crippen molar-refractivity contribution in [2.24, 2.45) is 0 Å². The Labute approximate surface area is 228 Å². The molecule has 2 aromatic carbocycles. The van der Waals surface area contributed by atoms with Crippen LogP contribution in [0.5, 0.6) is 0 Å². The molecule has 1 saturated heterocycles. The molecule has 3 aromatic rings. The second kappa shape index (κ2) is 10.2.